The molecule has 0 aliphatic carbocycles. The predicted octanol–water partition coefficient (Wildman–Crippen LogP) is 1.69. The minimum absolute atomic E-state index is 0.208. The van der Waals surface area contributed by atoms with E-state index in [9.17, 15) is 9.59 Å². The fraction of sp³-hybridized carbons (Fsp3) is 0.357. The average Bonchev–Trinajstić information content (AvgIpc) is 2.44. The van der Waals surface area contributed by atoms with Gasteiger partial charge in [0.2, 0.25) is 0 Å². The molecule has 106 valence electrons. The van der Waals surface area contributed by atoms with E-state index in [0.29, 0.717) is 13.1 Å². The van der Waals surface area contributed by atoms with Crippen molar-refractivity contribution >= 4 is 12.0 Å². The van der Waals surface area contributed by atoms with Crippen molar-refractivity contribution in [1.82, 2.24) is 10.2 Å². The molecule has 20 heavy (non-hydrogen) atoms. The van der Waals surface area contributed by atoms with Gasteiger partial charge in [0.05, 0.1) is 17.6 Å². The number of carbonyl (C=O) groups excluding carboxylic acids is 1. The van der Waals surface area contributed by atoms with Crippen molar-refractivity contribution in [3.8, 4) is 6.07 Å². The molecule has 0 fully saturated rings. The fourth-order valence-corrected chi connectivity index (χ4v) is 1.61. The lowest BCUT2D eigenvalue weighted by molar-refractivity contribution is 0.0697. The zero-order valence-corrected chi connectivity index (χ0v) is 11.5. The second-order valence-electron chi connectivity index (χ2n) is 4.57. The van der Waals surface area contributed by atoms with Crippen LogP contribution in [-0.2, 0) is 6.54 Å². The van der Waals surface area contributed by atoms with E-state index in [4.69, 9.17) is 10.4 Å². The number of hydrogen-bond donors (Lipinski definition) is 2. The molecule has 0 aliphatic rings. The SMILES string of the molecule is CC(C#N)CN(C)C(=O)NCc1ccc(C(=O)O)cc1. The Labute approximate surface area is 117 Å². The molecule has 0 radical (unpaired) electrons. The van der Waals surface area contributed by atoms with Gasteiger partial charge in [0, 0.05) is 20.1 Å². The predicted molar refractivity (Wildman–Crippen MR) is 73.0 cm³/mol. The number of hydrogen-bond acceptors (Lipinski definition) is 3. The Balaban J connectivity index is 2.48. The van der Waals surface area contributed by atoms with Gasteiger partial charge in [-0.2, -0.15) is 5.26 Å². The maximum absolute atomic E-state index is 11.8. The number of nitriles is 1. The van der Waals surface area contributed by atoms with Gasteiger partial charge >= 0.3 is 12.0 Å². The van der Waals surface area contributed by atoms with Crippen LogP contribution in [0.4, 0.5) is 4.79 Å². The Morgan fingerprint density at radius 2 is 2.00 bits per heavy atom. The standard InChI is InChI=1S/C14H17N3O3/c1-10(7-15)9-17(2)14(20)16-8-11-3-5-12(6-4-11)13(18)19/h3-6,10H,8-9H2,1-2H3,(H,16,20)(H,18,19). The Hall–Kier alpha value is -2.55. The molecule has 0 saturated carbocycles. The number of urea groups is 1. The first kappa shape index (κ1) is 15.5. The van der Waals surface area contributed by atoms with E-state index in [0.717, 1.165) is 5.56 Å². The summed E-state index contributed by atoms with van der Waals surface area (Å²) in [5, 5.41) is 20.2. The van der Waals surface area contributed by atoms with Crippen molar-refractivity contribution in [3.05, 3.63) is 35.4 Å². The zero-order valence-electron chi connectivity index (χ0n) is 11.5. The van der Waals surface area contributed by atoms with Crippen LogP contribution in [-0.4, -0.2) is 35.6 Å². The van der Waals surface area contributed by atoms with Gasteiger partial charge in [0.25, 0.3) is 0 Å². The molecular formula is C14H17N3O3. The number of carboxylic acid groups (broad SMARTS) is 1. The summed E-state index contributed by atoms with van der Waals surface area (Å²) in [6.45, 7) is 2.42. The quantitative estimate of drug-likeness (QED) is 0.855. The van der Waals surface area contributed by atoms with Gasteiger partial charge in [-0.1, -0.05) is 12.1 Å². The molecular weight excluding hydrogens is 258 g/mol. The monoisotopic (exact) mass is 275 g/mol. The maximum atomic E-state index is 11.8. The zero-order chi connectivity index (χ0) is 15.1. The molecule has 0 aliphatic heterocycles. The topological polar surface area (TPSA) is 93.4 Å². The van der Waals surface area contributed by atoms with Gasteiger partial charge in [-0.05, 0) is 24.6 Å². The van der Waals surface area contributed by atoms with Crippen LogP contribution in [0.1, 0.15) is 22.8 Å². The highest BCUT2D eigenvalue weighted by molar-refractivity contribution is 5.87. The summed E-state index contributed by atoms with van der Waals surface area (Å²) < 4.78 is 0. The molecule has 1 atom stereocenters. The third-order valence-electron chi connectivity index (χ3n) is 2.76. The second-order valence-corrected chi connectivity index (χ2v) is 4.57. The summed E-state index contributed by atoms with van der Waals surface area (Å²) in [6, 6.07) is 8.09. The van der Waals surface area contributed by atoms with Gasteiger partial charge < -0.3 is 15.3 Å². The van der Waals surface area contributed by atoms with Crippen LogP contribution in [0.2, 0.25) is 0 Å². The number of nitrogens with one attached hydrogen (secondary N) is 1. The van der Waals surface area contributed by atoms with Crippen molar-refractivity contribution < 1.29 is 14.7 Å². The molecule has 2 amide bonds. The molecule has 1 unspecified atom stereocenters. The van der Waals surface area contributed by atoms with Gasteiger partial charge in [0.15, 0.2) is 0 Å². The highest BCUT2D eigenvalue weighted by Gasteiger charge is 2.11. The Morgan fingerprint density at radius 1 is 1.40 bits per heavy atom. The molecule has 1 aromatic rings. The second kappa shape index (κ2) is 7.14. The molecule has 1 aromatic carbocycles. The van der Waals surface area contributed by atoms with Crippen LogP contribution in [0.25, 0.3) is 0 Å². The van der Waals surface area contributed by atoms with Crippen LogP contribution in [0.3, 0.4) is 0 Å². The van der Waals surface area contributed by atoms with Crippen molar-refractivity contribution in [2.45, 2.75) is 13.5 Å². The number of amides is 2. The molecule has 6 heteroatoms. The number of carbonyl (C=O) groups is 2. The van der Waals surface area contributed by atoms with Crippen molar-refractivity contribution in [2.75, 3.05) is 13.6 Å². The molecule has 0 saturated heterocycles. The van der Waals surface area contributed by atoms with Crippen molar-refractivity contribution in [3.63, 3.8) is 0 Å². The summed E-state index contributed by atoms with van der Waals surface area (Å²) in [4.78, 5) is 23.9. The van der Waals surface area contributed by atoms with Gasteiger partial charge in [-0.3, -0.25) is 0 Å². The summed E-state index contributed by atoms with van der Waals surface area (Å²) >= 11 is 0. The first-order valence-corrected chi connectivity index (χ1v) is 6.15. The molecule has 1 rings (SSSR count). The van der Waals surface area contributed by atoms with Gasteiger partial charge in [-0.15, -0.1) is 0 Å². The lowest BCUT2D eigenvalue weighted by atomic mass is 10.1. The molecule has 6 nitrogen and oxygen atoms in total. The van der Waals surface area contributed by atoms with Gasteiger partial charge in [0.1, 0.15) is 0 Å². The van der Waals surface area contributed by atoms with Crippen LogP contribution in [0.5, 0.6) is 0 Å². The third-order valence-corrected chi connectivity index (χ3v) is 2.76. The van der Waals surface area contributed by atoms with E-state index in [-0.39, 0.29) is 17.5 Å². The summed E-state index contributed by atoms with van der Waals surface area (Å²) in [5.74, 6) is -1.20. The van der Waals surface area contributed by atoms with Crippen molar-refractivity contribution in [1.29, 1.82) is 5.26 Å². The highest BCUT2D eigenvalue weighted by Crippen LogP contribution is 2.04. The summed E-state index contributed by atoms with van der Waals surface area (Å²) in [7, 11) is 1.62. The van der Waals surface area contributed by atoms with Crippen LogP contribution in [0.15, 0.2) is 24.3 Å². The first-order chi connectivity index (χ1) is 9.43. The largest absolute Gasteiger partial charge is 0.478 e. The number of aromatic carboxylic acids is 1. The molecule has 0 aromatic heterocycles. The minimum Gasteiger partial charge on any atom is -0.478 e. The Morgan fingerprint density at radius 3 is 2.50 bits per heavy atom. The van der Waals surface area contributed by atoms with E-state index in [1.54, 1.807) is 26.1 Å². The van der Waals surface area contributed by atoms with E-state index < -0.39 is 5.97 Å². The number of nitrogens with zero attached hydrogens (tertiary/aromatic N) is 2. The molecule has 0 heterocycles. The number of carboxylic acids is 1. The Bertz CT molecular complexity index is 519. The lowest BCUT2D eigenvalue weighted by Crippen LogP contribution is -2.38. The smallest absolute Gasteiger partial charge is 0.335 e. The fourth-order valence-electron chi connectivity index (χ4n) is 1.61. The van der Waals surface area contributed by atoms with E-state index in [1.165, 1.54) is 17.0 Å². The van der Waals surface area contributed by atoms with Gasteiger partial charge in [-0.25, -0.2) is 9.59 Å². The molecule has 2 N–H and O–H groups in total. The van der Waals surface area contributed by atoms with E-state index >= 15 is 0 Å². The summed E-state index contributed by atoms with van der Waals surface area (Å²) in [5.41, 5.74) is 1.02. The van der Waals surface area contributed by atoms with Crippen molar-refractivity contribution in [2.24, 2.45) is 5.92 Å². The minimum atomic E-state index is -0.981. The highest BCUT2D eigenvalue weighted by atomic mass is 16.4. The van der Waals surface area contributed by atoms with Crippen LogP contribution < -0.4 is 5.32 Å². The Kier molecular flexibility index (Phi) is 5.54. The normalized spacial score (nSPS) is 11.2. The van der Waals surface area contributed by atoms with Crippen LogP contribution >= 0.6 is 0 Å². The van der Waals surface area contributed by atoms with E-state index in [1.807, 2.05) is 0 Å². The molecule has 0 bridgehead atoms. The van der Waals surface area contributed by atoms with E-state index in [2.05, 4.69) is 11.4 Å². The molecule has 0 spiro atoms. The average molecular weight is 275 g/mol. The number of benzene rings is 1. The number of rotatable bonds is 5. The third kappa shape index (κ3) is 4.61. The maximum Gasteiger partial charge on any atom is 0.335 e. The first-order valence-electron chi connectivity index (χ1n) is 6.15. The van der Waals surface area contributed by atoms with Crippen LogP contribution in [0, 0.1) is 17.2 Å². The lowest BCUT2D eigenvalue weighted by Gasteiger charge is -2.18. The summed E-state index contributed by atoms with van der Waals surface area (Å²) in [6.07, 6.45) is 0.